The number of anilines is 2. The Balaban J connectivity index is 1.40. The highest BCUT2D eigenvalue weighted by Gasteiger charge is 2.52. The summed E-state index contributed by atoms with van der Waals surface area (Å²) in [6.07, 6.45) is 3.32. The molecular formula is C27H30F2N4O3S. The van der Waals surface area contributed by atoms with Crippen molar-refractivity contribution in [3.63, 3.8) is 0 Å². The highest BCUT2D eigenvalue weighted by Crippen LogP contribution is 2.51. The van der Waals surface area contributed by atoms with Crippen molar-refractivity contribution in [2.24, 2.45) is 0 Å². The summed E-state index contributed by atoms with van der Waals surface area (Å²) in [5, 5.41) is 8.71. The lowest BCUT2D eigenvalue weighted by Gasteiger charge is -2.45. The average molecular weight is 529 g/mol. The van der Waals surface area contributed by atoms with Gasteiger partial charge in [0, 0.05) is 41.2 Å². The number of amides is 2. The summed E-state index contributed by atoms with van der Waals surface area (Å²) in [5.74, 6) is -0.573. The molecule has 37 heavy (non-hydrogen) atoms. The number of thiazole rings is 1. The van der Waals surface area contributed by atoms with E-state index in [9.17, 15) is 13.6 Å². The van der Waals surface area contributed by atoms with Crippen molar-refractivity contribution in [1.82, 2.24) is 10.3 Å². The van der Waals surface area contributed by atoms with Gasteiger partial charge >= 0.3 is 6.03 Å². The Bertz CT molecular complexity index is 1300. The Kier molecular flexibility index (Phi) is 6.94. The number of aromatic nitrogens is 1. The zero-order valence-electron chi connectivity index (χ0n) is 21.0. The molecule has 2 fully saturated rings. The molecule has 7 nitrogen and oxygen atoms in total. The molecule has 5 rings (SSSR count). The Morgan fingerprint density at radius 3 is 2.62 bits per heavy atom. The van der Waals surface area contributed by atoms with E-state index in [2.05, 4.69) is 33.0 Å². The maximum atomic E-state index is 13.6. The molecule has 1 aliphatic carbocycles. The number of benzene rings is 2. The van der Waals surface area contributed by atoms with E-state index in [1.807, 2.05) is 13.0 Å². The molecule has 2 aromatic carbocycles. The molecule has 0 radical (unpaired) electrons. The molecule has 3 aromatic rings. The molecule has 1 aliphatic heterocycles. The second-order valence-electron chi connectivity index (χ2n) is 9.66. The van der Waals surface area contributed by atoms with Crippen LogP contribution in [0.3, 0.4) is 0 Å². The first-order valence-electron chi connectivity index (χ1n) is 12.3. The van der Waals surface area contributed by atoms with Gasteiger partial charge < -0.3 is 25.0 Å². The van der Waals surface area contributed by atoms with E-state index in [1.165, 1.54) is 11.6 Å². The fraction of sp³-hybridized carbons (Fsp3) is 0.407. The van der Waals surface area contributed by atoms with Crippen LogP contribution in [0, 0.1) is 18.6 Å². The Labute approximate surface area is 218 Å². The highest BCUT2D eigenvalue weighted by molar-refractivity contribution is 7.13. The molecular weight excluding hydrogens is 498 g/mol. The molecule has 2 aliphatic rings. The number of aryl methyl sites for hydroxylation is 1. The minimum atomic E-state index is -1.00. The molecule has 3 atom stereocenters. The molecule has 10 heteroatoms. The standard InChI is InChI=1S/C27H30F2N4O3S/c1-16-15-37-26(30-16)33-11-10-27(17-4-7-22(35-2)23(12-17)36-3)9-8-19(14-24(27)33)32-25(34)31-18-5-6-20(28)21(29)13-18/h4-7,12-13,15,19,24H,8-11,14H2,1-3H3,(H2,31,32,34). The largest absolute Gasteiger partial charge is 0.493 e. The quantitative estimate of drug-likeness (QED) is 0.433. The van der Waals surface area contributed by atoms with Gasteiger partial charge in [-0.2, -0.15) is 0 Å². The molecule has 0 bridgehead atoms. The fourth-order valence-corrected chi connectivity index (χ4v) is 6.67. The first kappa shape index (κ1) is 25.3. The summed E-state index contributed by atoms with van der Waals surface area (Å²) in [4.78, 5) is 19.9. The normalized spacial score (nSPS) is 22.9. The van der Waals surface area contributed by atoms with Crippen LogP contribution in [0.1, 0.15) is 36.9 Å². The molecule has 0 spiro atoms. The molecule has 2 N–H and O–H groups in total. The predicted molar refractivity (Wildman–Crippen MR) is 140 cm³/mol. The Morgan fingerprint density at radius 2 is 1.92 bits per heavy atom. The van der Waals surface area contributed by atoms with Gasteiger partial charge in [-0.15, -0.1) is 11.3 Å². The number of rotatable bonds is 6. The minimum Gasteiger partial charge on any atom is -0.493 e. The van der Waals surface area contributed by atoms with Gasteiger partial charge in [0.2, 0.25) is 0 Å². The Hall–Kier alpha value is -3.40. The van der Waals surface area contributed by atoms with Crippen LogP contribution in [0.2, 0.25) is 0 Å². The summed E-state index contributed by atoms with van der Waals surface area (Å²) in [6, 6.07) is 9.03. The van der Waals surface area contributed by atoms with Gasteiger partial charge in [-0.1, -0.05) is 6.07 Å². The van der Waals surface area contributed by atoms with E-state index in [0.29, 0.717) is 11.5 Å². The molecule has 2 heterocycles. The van der Waals surface area contributed by atoms with E-state index >= 15 is 0 Å². The van der Waals surface area contributed by atoms with Crippen LogP contribution in [0.4, 0.5) is 24.4 Å². The van der Waals surface area contributed by atoms with Crippen LogP contribution in [-0.2, 0) is 5.41 Å². The summed E-state index contributed by atoms with van der Waals surface area (Å²) in [5.41, 5.74) is 2.25. The molecule has 1 saturated heterocycles. The second-order valence-corrected chi connectivity index (χ2v) is 10.5. The third kappa shape index (κ3) is 4.82. The van der Waals surface area contributed by atoms with Crippen LogP contribution in [-0.4, -0.2) is 43.9 Å². The zero-order chi connectivity index (χ0) is 26.2. The summed E-state index contributed by atoms with van der Waals surface area (Å²) >= 11 is 1.63. The van der Waals surface area contributed by atoms with Crippen LogP contribution in [0.5, 0.6) is 11.5 Å². The first-order chi connectivity index (χ1) is 17.8. The highest BCUT2D eigenvalue weighted by atomic mass is 32.1. The maximum absolute atomic E-state index is 13.6. The van der Waals surface area contributed by atoms with E-state index in [4.69, 9.17) is 14.5 Å². The van der Waals surface area contributed by atoms with Gasteiger partial charge in [0.15, 0.2) is 28.3 Å². The number of nitrogens with one attached hydrogen (secondary N) is 2. The SMILES string of the molecule is COc1ccc(C23CCC(NC(=O)Nc4ccc(F)c(F)c4)CC2N(c2nc(C)cs2)CC3)cc1OC. The number of nitrogens with zero attached hydrogens (tertiary/aromatic N) is 2. The van der Waals surface area contributed by atoms with Crippen LogP contribution in [0.25, 0.3) is 0 Å². The molecule has 1 aromatic heterocycles. The number of hydrogen-bond donors (Lipinski definition) is 2. The van der Waals surface area contributed by atoms with Crippen molar-refractivity contribution >= 4 is 28.2 Å². The maximum Gasteiger partial charge on any atom is 0.319 e. The Morgan fingerprint density at radius 1 is 1.11 bits per heavy atom. The summed E-state index contributed by atoms with van der Waals surface area (Å²) in [6.45, 7) is 2.85. The van der Waals surface area contributed by atoms with Gasteiger partial charge in [-0.25, -0.2) is 18.6 Å². The van der Waals surface area contributed by atoms with Gasteiger partial charge in [0.05, 0.1) is 19.9 Å². The van der Waals surface area contributed by atoms with Gasteiger partial charge in [0.1, 0.15) is 0 Å². The topological polar surface area (TPSA) is 75.7 Å². The number of fused-ring (bicyclic) bond motifs is 1. The minimum absolute atomic E-state index is 0.0924. The van der Waals surface area contributed by atoms with Gasteiger partial charge in [-0.3, -0.25) is 0 Å². The van der Waals surface area contributed by atoms with Crippen molar-refractivity contribution in [3.05, 3.63) is 64.7 Å². The molecule has 1 saturated carbocycles. The number of ether oxygens (including phenoxy) is 2. The summed E-state index contributed by atoms with van der Waals surface area (Å²) < 4.78 is 37.9. The molecule has 2 amide bonds. The van der Waals surface area contributed by atoms with Crippen LogP contribution in [0.15, 0.2) is 41.8 Å². The molecule has 3 unspecified atom stereocenters. The van der Waals surface area contributed by atoms with E-state index < -0.39 is 17.7 Å². The second kappa shape index (κ2) is 10.2. The van der Waals surface area contributed by atoms with E-state index in [1.54, 1.807) is 25.6 Å². The van der Waals surface area contributed by atoms with Crippen molar-refractivity contribution in [2.45, 2.75) is 50.1 Å². The zero-order valence-corrected chi connectivity index (χ0v) is 21.8. The number of hydrogen-bond acceptors (Lipinski definition) is 6. The average Bonchev–Trinajstić information content (AvgIpc) is 3.49. The third-order valence-electron chi connectivity index (χ3n) is 7.58. The van der Waals surface area contributed by atoms with Crippen molar-refractivity contribution in [2.75, 3.05) is 31.0 Å². The van der Waals surface area contributed by atoms with Gasteiger partial charge in [-0.05, 0) is 62.4 Å². The van der Waals surface area contributed by atoms with Gasteiger partial charge in [0.25, 0.3) is 0 Å². The van der Waals surface area contributed by atoms with Crippen molar-refractivity contribution in [1.29, 1.82) is 0 Å². The number of carbonyl (C=O) groups is 1. The van der Waals surface area contributed by atoms with E-state index in [0.717, 1.165) is 55.2 Å². The lowest BCUT2D eigenvalue weighted by Crippen LogP contribution is -2.53. The van der Waals surface area contributed by atoms with Crippen molar-refractivity contribution < 1.29 is 23.0 Å². The van der Waals surface area contributed by atoms with E-state index in [-0.39, 0.29) is 23.2 Å². The molecule has 196 valence electrons. The van der Waals surface area contributed by atoms with Crippen LogP contribution >= 0.6 is 11.3 Å². The predicted octanol–water partition coefficient (Wildman–Crippen LogP) is 5.64. The third-order valence-corrected chi connectivity index (χ3v) is 8.58. The first-order valence-corrected chi connectivity index (χ1v) is 13.1. The smallest absolute Gasteiger partial charge is 0.319 e. The van der Waals surface area contributed by atoms with Crippen LogP contribution < -0.4 is 25.0 Å². The number of urea groups is 1. The number of methoxy groups -OCH3 is 2. The monoisotopic (exact) mass is 528 g/mol. The number of halogens is 2. The van der Waals surface area contributed by atoms with Crippen molar-refractivity contribution in [3.8, 4) is 11.5 Å². The number of carbonyl (C=O) groups excluding carboxylic acids is 1. The fourth-order valence-electron chi connectivity index (χ4n) is 5.79. The lowest BCUT2D eigenvalue weighted by molar-refractivity contribution is 0.220. The summed E-state index contributed by atoms with van der Waals surface area (Å²) in [7, 11) is 3.27. The lowest BCUT2D eigenvalue weighted by atomic mass is 9.65.